The Morgan fingerprint density at radius 3 is 2.81 bits per heavy atom. The van der Waals surface area contributed by atoms with Gasteiger partial charge in [-0.05, 0) is 25.1 Å². The number of nitrogens with zero attached hydrogens (tertiary/aromatic N) is 1. The monoisotopic (exact) mass is 221 g/mol. The fourth-order valence-corrected chi connectivity index (χ4v) is 1.65. The fraction of sp³-hybridized carbons (Fsp3) is 0.273. The minimum atomic E-state index is -1.02. The van der Waals surface area contributed by atoms with Crippen molar-refractivity contribution in [3.8, 4) is 5.75 Å². The highest BCUT2D eigenvalue weighted by Crippen LogP contribution is 2.33. The molecule has 1 aliphatic rings. The van der Waals surface area contributed by atoms with Crippen molar-refractivity contribution in [2.45, 2.75) is 13.0 Å². The normalized spacial score (nSPS) is 19.0. The Morgan fingerprint density at radius 2 is 2.19 bits per heavy atom. The maximum Gasteiger partial charge on any atom is 0.335 e. The number of anilines is 1. The van der Waals surface area contributed by atoms with E-state index in [4.69, 9.17) is 9.84 Å². The van der Waals surface area contributed by atoms with Crippen LogP contribution in [-0.4, -0.2) is 30.1 Å². The van der Waals surface area contributed by atoms with Gasteiger partial charge in [0, 0.05) is 7.05 Å². The highest BCUT2D eigenvalue weighted by molar-refractivity contribution is 6.00. The third kappa shape index (κ3) is 1.50. The van der Waals surface area contributed by atoms with Crippen LogP contribution in [0, 0.1) is 0 Å². The SMILES string of the molecule is C[C@@H]1Oc2cc(C(=O)O)ccc2N(C)C1=O. The van der Waals surface area contributed by atoms with E-state index in [2.05, 4.69) is 0 Å². The van der Waals surface area contributed by atoms with Gasteiger partial charge in [-0.1, -0.05) is 0 Å². The lowest BCUT2D eigenvalue weighted by molar-refractivity contribution is -0.125. The summed E-state index contributed by atoms with van der Waals surface area (Å²) in [5.41, 5.74) is 0.738. The van der Waals surface area contributed by atoms with Crippen LogP contribution >= 0.6 is 0 Å². The largest absolute Gasteiger partial charge is 0.479 e. The smallest absolute Gasteiger partial charge is 0.335 e. The maximum atomic E-state index is 11.6. The van der Waals surface area contributed by atoms with Gasteiger partial charge in [0.1, 0.15) is 5.75 Å². The summed E-state index contributed by atoms with van der Waals surface area (Å²) < 4.78 is 5.35. The van der Waals surface area contributed by atoms with E-state index in [0.29, 0.717) is 11.4 Å². The molecule has 1 heterocycles. The number of fused-ring (bicyclic) bond motifs is 1. The molecule has 0 fully saturated rings. The Bertz CT molecular complexity index is 469. The lowest BCUT2D eigenvalue weighted by Gasteiger charge is -2.30. The van der Waals surface area contributed by atoms with Crippen LogP contribution in [0.25, 0.3) is 0 Å². The van der Waals surface area contributed by atoms with Gasteiger partial charge in [-0.3, -0.25) is 4.79 Å². The molecule has 1 aliphatic heterocycles. The van der Waals surface area contributed by atoms with Crippen molar-refractivity contribution < 1.29 is 19.4 Å². The van der Waals surface area contributed by atoms with Crippen molar-refractivity contribution in [3.05, 3.63) is 23.8 Å². The molecule has 2 rings (SSSR count). The van der Waals surface area contributed by atoms with Crippen LogP contribution in [0.4, 0.5) is 5.69 Å². The van der Waals surface area contributed by atoms with Crippen molar-refractivity contribution in [1.82, 2.24) is 0 Å². The number of carboxylic acids is 1. The average Bonchev–Trinajstić information content (AvgIpc) is 2.25. The number of carboxylic acid groups (broad SMARTS) is 1. The molecule has 5 nitrogen and oxygen atoms in total. The van der Waals surface area contributed by atoms with E-state index in [0.717, 1.165) is 0 Å². The summed E-state index contributed by atoms with van der Waals surface area (Å²) in [6.07, 6.45) is -0.582. The third-order valence-corrected chi connectivity index (χ3v) is 2.55. The maximum absolute atomic E-state index is 11.6. The van der Waals surface area contributed by atoms with Crippen LogP contribution < -0.4 is 9.64 Å². The topological polar surface area (TPSA) is 66.8 Å². The zero-order chi connectivity index (χ0) is 11.9. The number of benzene rings is 1. The highest BCUT2D eigenvalue weighted by Gasteiger charge is 2.29. The number of hydrogen-bond acceptors (Lipinski definition) is 3. The lowest BCUT2D eigenvalue weighted by Crippen LogP contribution is -2.42. The lowest BCUT2D eigenvalue weighted by atomic mass is 10.1. The van der Waals surface area contributed by atoms with Crippen LogP contribution in [-0.2, 0) is 4.79 Å². The predicted molar refractivity (Wildman–Crippen MR) is 56.9 cm³/mol. The Morgan fingerprint density at radius 1 is 1.50 bits per heavy atom. The minimum absolute atomic E-state index is 0.143. The van der Waals surface area contributed by atoms with E-state index in [1.807, 2.05) is 0 Å². The Balaban J connectivity index is 2.49. The van der Waals surface area contributed by atoms with E-state index < -0.39 is 12.1 Å². The summed E-state index contributed by atoms with van der Waals surface area (Å²) in [5.74, 6) is -0.733. The van der Waals surface area contributed by atoms with Crippen LogP contribution in [0.5, 0.6) is 5.75 Å². The van der Waals surface area contributed by atoms with E-state index in [1.54, 1.807) is 20.0 Å². The molecule has 16 heavy (non-hydrogen) atoms. The van der Waals surface area contributed by atoms with E-state index in [1.165, 1.54) is 17.0 Å². The fourth-order valence-electron chi connectivity index (χ4n) is 1.65. The third-order valence-electron chi connectivity index (χ3n) is 2.55. The van der Waals surface area contributed by atoms with Crippen LogP contribution in [0.1, 0.15) is 17.3 Å². The van der Waals surface area contributed by atoms with Crippen LogP contribution in [0.2, 0.25) is 0 Å². The summed E-state index contributed by atoms with van der Waals surface area (Å²) in [6.45, 7) is 1.63. The molecule has 0 spiro atoms. The second-order valence-corrected chi connectivity index (χ2v) is 3.64. The van der Waals surface area contributed by atoms with E-state index in [-0.39, 0.29) is 11.5 Å². The molecule has 0 bridgehead atoms. The van der Waals surface area contributed by atoms with Gasteiger partial charge in [-0.25, -0.2) is 4.79 Å². The number of carbonyl (C=O) groups is 2. The molecular weight excluding hydrogens is 210 g/mol. The van der Waals surface area contributed by atoms with Crippen molar-refractivity contribution in [3.63, 3.8) is 0 Å². The molecule has 84 valence electrons. The average molecular weight is 221 g/mol. The second-order valence-electron chi connectivity index (χ2n) is 3.64. The molecule has 0 saturated heterocycles. The first-order chi connectivity index (χ1) is 7.50. The van der Waals surface area contributed by atoms with Crippen molar-refractivity contribution in [1.29, 1.82) is 0 Å². The van der Waals surface area contributed by atoms with Gasteiger partial charge in [-0.2, -0.15) is 0 Å². The molecule has 0 aromatic heterocycles. The molecule has 1 amide bonds. The summed E-state index contributed by atoms with van der Waals surface area (Å²) in [6, 6.07) is 4.45. The number of aromatic carboxylic acids is 1. The van der Waals surface area contributed by atoms with E-state index >= 15 is 0 Å². The number of amides is 1. The summed E-state index contributed by atoms with van der Waals surface area (Å²) in [4.78, 5) is 23.8. The first kappa shape index (κ1) is 10.5. The van der Waals surface area contributed by atoms with Gasteiger partial charge in [0.15, 0.2) is 6.10 Å². The number of rotatable bonds is 1. The molecule has 1 N–H and O–H groups in total. The van der Waals surface area contributed by atoms with Crippen molar-refractivity contribution >= 4 is 17.6 Å². The molecule has 1 atom stereocenters. The number of ether oxygens (including phenoxy) is 1. The predicted octanol–water partition coefficient (Wildman–Crippen LogP) is 1.13. The van der Waals surface area contributed by atoms with Gasteiger partial charge in [0.05, 0.1) is 11.3 Å². The summed E-state index contributed by atoms with van der Waals surface area (Å²) in [7, 11) is 1.64. The van der Waals surface area contributed by atoms with Crippen LogP contribution in [0.15, 0.2) is 18.2 Å². The molecule has 5 heteroatoms. The quantitative estimate of drug-likeness (QED) is 0.771. The van der Waals surface area contributed by atoms with E-state index in [9.17, 15) is 9.59 Å². The minimum Gasteiger partial charge on any atom is -0.479 e. The molecule has 1 aromatic rings. The Kier molecular flexibility index (Phi) is 2.30. The summed E-state index contributed by atoms with van der Waals surface area (Å²) >= 11 is 0. The second kappa shape index (κ2) is 3.52. The molecular formula is C11H11NO4. The zero-order valence-corrected chi connectivity index (χ0v) is 8.93. The first-order valence-electron chi connectivity index (χ1n) is 4.82. The van der Waals surface area contributed by atoms with Gasteiger partial charge in [0.25, 0.3) is 5.91 Å². The van der Waals surface area contributed by atoms with Gasteiger partial charge >= 0.3 is 5.97 Å². The highest BCUT2D eigenvalue weighted by atomic mass is 16.5. The van der Waals surface area contributed by atoms with Crippen molar-refractivity contribution in [2.75, 3.05) is 11.9 Å². The Labute approximate surface area is 92.2 Å². The van der Waals surface area contributed by atoms with Gasteiger partial charge < -0.3 is 14.7 Å². The molecule has 0 saturated carbocycles. The zero-order valence-electron chi connectivity index (χ0n) is 8.93. The number of hydrogen-bond donors (Lipinski definition) is 1. The number of likely N-dealkylation sites (N-methyl/N-ethyl adjacent to an activating group) is 1. The molecule has 0 aliphatic carbocycles. The molecule has 0 unspecified atom stereocenters. The number of carbonyl (C=O) groups excluding carboxylic acids is 1. The van der Waals surface area contributed by atoms with Gasteiger partial charge in [-0.15, -0.1) is 0 Å². The Hall–Kier alpha value is -2.04. The first-order valence-corrected chi connectivity index (χ1v) is 4.82. The van der Waals surface area contributed by atoms with Crippen molar-refractivity contribution in [2.24, 2.45) is 0 Å². The van der Waals surface area contributed by atoms with Gasteiger partial charge in [0.2, 0.25) is 0 Å². The standard InChI is InChI=1S/C11H11NO4/c1-6-10(13)12(2)8-4-3-7(11(14)15)5-9(8)16-6/h3-6H,1-2H3,(H,14,15)/t6-/m0/s1. The summed E-state index contributed by atoms with van der Waals surface area (Å²) in [5, 5.41) is 8.83. The molecule has 1 aromatic carbocycles. The van der Waals surface area contributed by atoms with Crippen LogP contribution in [0.3, 0.4) is 0 Å². The molecule has 0 radical (unpaired) electrons.